The van der Waals surface area contributed by atoms with Crippen molar-refractivity contribution >= 4 is 10.8 Å². The molecule has 3 heteroatoms. The fourth-order valence-corrected chi connectivity index (χ4v) is 2.99. The van der Waals surface area contributed by atoms with Gasteiger partial charge in [0.05, 0.1) is 22.2 Å². The minimum Gasteiger partial charge on any atom is -0.377 e. The maximum atomic E-state index is 11.9. The number of hydrogen-bond donors (Lipinski definition) is 0. The van der Waals surface area contributed by atoms with Crippen LogP contribution in [0.2, 0.25) is 0 Å². The van der Waals surface area contributed by atoms with Gasteiger partial charge >= 0.3 is 0 Å². The maximum Gasteiger partial charge on any atom is 0.0735 e. The summed E-state index contributed by atoms with van der Waals surface area (Å²) in [5.41, 5.74) is 0. The van der Waals surface area contributed by atoms with Crippen molar-refractivity contribution in [2.24, 2.45) is 0 Å². The molecular formula is C11H14O2S. The lowest BCUT2D eigenvalue weighted by atomic mass is 10.4. The van der Waals surface area contributed by atoms with Gasteiger partial charge in [-0.2, -0.15) is 0 Å². The molecule has 76 valence electrons. The van der Waals surface area contributed by atoms with Crippen molar-refractivity contribution in [2.75, 3.05) is 6.61 Å². The third-order valence-electron chi connectivity index (χ3n) is 2.31. The van der Waals surface area contributed by atoms with E-state index in [-0.39, 0.29) is 11.4 Å². The Morgan fingerprint density at radius 2 is 2.14 bits per heavy atom. The van der Waals surface area contributed by atoms with Crippen molar-refractivity contribution in [3.8, 4) is 0 Å². The standard InChI is InChI=1S/C11H14O2S/c1-2-13-10-8-11(10)14(12)9-6-4-3-5-7-9/h3-7,10-11H,2,8H2,1H3/t10-,11+,14?/m0/s1. The molecule has 0 N–H and O–H groups in total. The van der Waals surface area contributed by atoms with Crippen LogP contribution in [0, 0.1) is 0 Å². The van der Waals surface area contributed by atoms with Crippen LogP contribution in [-0.4, -0.2) is 22.2 Å². The Bertz CT molecular complexity index is 323. The first-order chi connectivity index (χ1) is 6.83. The van der Waals surface area contributed by atoms with Crippen molar-refractivity contribution in [2.45, 2.75) is 29.6 Å². The Balaban J connectivity index is 1.98. The molecule has 0 spiro atoms. The lowest BCUT2D eigenvalue weighted by Gasteiger charge is -2.01. The molecule has 1 aromatic rings. The van der Waals surface area contributed by atoms with Gasteiger partial charge in [0, 0.05) is 11.5 Å². The molecule has 2 nitrogen and oxygen atoms in total. The summed E-state index contributed by atoms with van der Waals surface area (Å²) in [5, 5.41) is 0.220. The molecule has 0 heterocycles. The highest BCUT2D eigenvalue weighted by atomic mass is 32.2. The zero-order valence-corrected chi connectivity index (χ0v) is 9.00. The average molecular weight is 210 g/mol. The molecule has 0 saturated heterocycles. The van der Waals surface area contributed by atoms with E-state index < -0.39 is 10.8 Å². The third kappa shape index (κ3) is 2.04. The average Bonchev–Trinajstić information content (AvgIpc) is 2.98. The molecule has 0 aliphatic heterocycles. The smallest absolute Gasteiger partial charge is 0.0735 e. The summed E-state index contributed by atoms with van der Waals surface area (Å²) < 4.78 is 17.3. The molecule has 0 aromatic heterocycles. The number of ether oxygens (including phenoxy) is 1. The minimum absolute atomic E-state index is 0.220. The fourth-order valence-electron chi connectivity index (χ4n) is 1.49. The van der Waals surface area contributed by atoms with E-state index >= 15 is 0 Å². The van der Waals surface area contributed by atoms with Crippen LogP contribution in [0.4, 0.5) is 0 Å². The van der Waals surface area contributed by atoms with Crippen LogP contribution in [-0.2, 0) is 15.5 Å². The summed E-state index contributed by atoms with van der Waals surface area (Å²) in [5.74, 6) is 0. The lowest BCUT2D eigenvalue weighted by Crippen LogP contribution is -2.06. The van der Waals surface area contributed by atoms with Crippen molar-refractivity contribution in [1.82, 2.24) is 0 Å². The summed E-state index contributed by atoms with van der Waals surface area (Å²) in [6.07, 6.45) is 1.16. The molecule has 1 fully saturated rings. The summed E-state index contributed by atoms with van der Waals surface area (Å²) >= 11 is 0. The summed E-state index contributed by atoms with van der Waals surface area (Å²) in [7, 11) is -0.881. The number of benzene rings is 1. The first-order valence-electron chi connectivity index (χ1n) is 4.90. The van der Waals surface area contributed by atoms with Crippen molar-refractivity contribution in [3.05, 3.63) is 30.3 Å². The second kappa shape index (κ2) is 4.24. The molecule has 1 saturated carbocycles. The van der Waals surface area contributed by atoms with Gasteiger partial charge < -0.3 is 4.74 Å². The Labute approximate surface area is 86.7 Å². The van der Waals surface area contributed by atoms with Gasteiger partial charge in [-0.05, 0) is 25.5 Å². The van der Waals surface area contributed by atoms with Gasteiger partial charge in [0.2, 0.25) is 0 Å². The van der Waals surface area contributed by atoms with Crippen LogP contribution in [0.15, 0.2) is 35.2 Å². The maximum absolute atomic E-state index is 11.9. The zero-order valence-electron chi connectivity index (χ0n) is 8.18. The second-order valence-electron chi connectivity index (χ2n) is 3.38. The molecule has 0 amide bonds. The zero-order chi connectivity index (χ0) is 9.97. The van der Waals surface area contributed by atoms with E-state index in [0.29, 0.717) is 6.61 Å². The second-order valence-corrected chi connectivity index (χ2v) is 5.05. The highest BCUT2D eigenvalue weighted by Gasteiger charge is 2.43. The van der Waals surface area contributed by atoms with E-state index in [4.69, 9.17) is 4.74 Å². The SMILES string of the molecule is CCO[C@H]1C[C@H]1S(=O)c1ccccc1. The first kappa shape index (κ1) is 9.87. The van der Waals surface area contributed by atoms with E-state index in [2.05, 4.69) is 0 Å². The van der Waals surface area contributed by atoms with Crippen molar-refractivity contribution in [1.29, 1.82) is 0 Å². The van der Waals surface area contributed by atoms with Gasteiger partial charge in [-0.25, -0.2) is 0 Å². The Hall–Kier alpha value is -0.670. The minimum atomic E-state index is -0.881. The van der Waals surface area contributed by atoms with Crippen LogP contribution < -0.4 is 0 Å². The van der Waals surface area contributed by atoms with E-state index in [1.807, 2.05) is 37.3 Å². The van der Waals surface area contributed by atoms with Gasteiger partial charge in [0.25, 0.3) is 0 Å². The summed E-state index contributed by atoms with van der Waals surface area (Å²) in [6, 6.07) is 9.61. The van der Waals surface area contributed by atoms with Gasteiger partial charge in [0.1, 0.15) is 0 Å². The molecular weight excluding hydrogens is 196 g/mol. The molecule has 0 bridgehead atoms. The van der Waals surface area contributed by atoms with E-state index in [0.717, 1.165) is 11.3 Å². The fraction of sp³-hybridized carbons (Fsp3) is 0.455. The van der Waals surface area contributed by atoms with E-state index in [9.17, 15) is 4.21 Å². The van der Waals surface area contributed by atoms with E-state index in [1.54, 1.807) is 0 Å². The van der Waals surface area contributed by atoms with Gasteiger partial charge in [-0.3, -0.25) is 4.21 Å². The summed E-state index contributed by atoms with van der Waals surface area (Å²) in [6.45, 7) is 2.69. The Kier molecular flexibility index (Phi) is 2.99. The lowest BCUT2D eigenvalue weighted by molar-refractivity contribution is 0.133. The van der Waals surface area contributed by atoms with Gasteiger partial charge in [0.15, 0.2) is 0 Å². The van der Waals surface area contributed by atoms with Gasteiger partial charge in [-0.15, -0.1) is 0 Å². The predicted octanol–water partition coefficient (Wildman–Crippen LogP) is 1.97. The van der Waals surface area contributed by atoms with Crippen LogP contribution in [0.1, 0.15) is 13.3 Å². The topological polar surface area (TPSA) is 26.3 Å². The highest BCUT2D eigenvalue weighted by molar-refractivity contribution is 7.86. The molecule has 3 atom stereocenters. The quantitative estimate of drug-likeness (QED) is 0.759. The highest BCUT2D eigenvalue weighted by Crippen LogP contribution is 2.33. The predicted molar refractivity (Wildman–Crippen MR) is 56.7 cm³/mol. The van der Waals surface area contributed by atoms with Crippen LogP contribution in [0.5, 0.6) is 0 Å². The molecule has 0 radical (unpaired) electrons. The number of rotatable bonds is 4. The molecule has 1 aliphatic carbocycles. The Morgan fingerprint density at radius 3 is 2.79 bits per heavy atom. The molecule has 1 unspecified atom stereocenters. The van der Waals surface area contributed by atoms with Crippen molar-refractivity contribution < 1.29 is 8.95 Å². The third-order valence-corrected chi connectivity index (χ3v) is 4.09. The molecule has 1 aliphatic rings. The normalized spacial score (nSPS) is 27.2. The largest absolute Gasteiger partial charge is 0.377 e. The molecule has 2 rings (SSSR count). The van der Waals surface area contributed by atoms with Gasteiger partial charge in [-0.1, -0.05) is 18.2 Å². The monoisotopic (exact) mass is 210 g/mol. The van der Waals surface area contributed by atoms with Crippen molar-refractivity contribution in [3.63, 3.8) is 0 Å². The first-order valence-corrected chi connectivity index (χ1v) is 6.11. The summed E-state index contributed by atoms with van der Waals surface area (Å²) in [4.78, 5) is 0.916. The number of hydrogen-bond acceptors (Lipinski definition) is 2. The van der Waals surface area contributed by atoms with Crippen LogP contribution >= 0.6 is 0 Å². The van der Waals surface area contributed by atoms with E-state index in [1.165, 1.54) is 0 Å². The Morgan fingerprint density at radius 1 is 1.43 bits per heavy atom. The molecule has 1 aromatic carbocycles. The van der Waals surface area contributed by atoms with Crippen LogP contribution in [0.3, 0.4) is 0 Å². The molecule has 14 heavy (non-hydrogen) atoms. The van der Waals surface area contributed by atoms with Crippen LogP contribution in [0.25, 0.3) is 0 Å².